The van der Waals surface area contributed by atoms with Gasteiger partial charge in [-0.2, -0.15) is 0 Å². The quantitative estimate of drug-likeness (QED) is 0.579. The highest BCUT2D eigenvalue weighted by atomic mass is 16.7. The molecule has 0 fully saturated rings. The average Bonchev–Trinajstić information content (AvgIpc) is 2.47. The molecule has 12 heavy (non-hydrogen) atoms. The van der Waals surface area contributed by atoms with Gasteiger partial charge in [-0.1, -0.05) is 0 Å². The minimum absolute atomic E-state index is 0.583. The van der Waals surface area contributed by atoms with Crippen LogP contribution in [0.1, 0.15) is 5.69 Å². The van der Waals surface area contributed by atoms with Crippen LogP contribution in [0.2, 0.25) is 0 Å². The number of fused-ring (bicyclic) bond motifs is 1. The van der Waals surface area contributed by atoms with Crippen LogP contribution >= 0.6 is 0 Å². The molecule has 0 spiro atoms. The molecule has 0 unspecified atom stereocenters. The molecule has 0 aliphatic carbocycles. The topological polar surface area (TPSA) is 68.7 Å². The number of imidazole rings is 1. The summed E-state index contributed by atoms with van der Waals surface area (Å²) in [4.78, 5) is 13.1. The zero-order valence-corrected chi connectivity index (χ0v) is 6.64. The Morgan fingerprint density at radius 3 is 3.25 bits per heavy atom. The van der Waals surface area contributed by atoms with E-state index in [0.29, 0.717) is 12.4 Å². The number of nitrogens with two attached hydrogens (primary N) is 1. The molecule has 2 N–H and O–H groups in total. The Bertz CT molecular complexity index is 318. The molecule has 0 bridgehead atoms. The summed E-state index contributed by atoms with van der Waals surface area (Å²) in [5.74, 6) is 6.21. The molecule has 1 aromatic rings. The lowest BCUT2D eigenvalue weighted by Crippen LogP contribution is -2.23. The number of nitrogen functional groups attached to an aromatic ring is 1. The Morgan fingerprint density at radius 1 is 1.67 bits per heavy atom. The summed E-state index contributed by atoms with van der Waals surface area (Å²) >= 11 is 0. The van der Waals surface area contributed by atoms with Crippen molar-refractivity contribution >= 4 is 12.2 Å². The molecule has 1 aliphatic rings. The van der Waals surface area contributed by atoms with E-state index in [1.807, 2.05) is 0 Å². The third-order valence-electron chi connectivity index (χ3n) is 1.69. The molecule has 0 radical (unpaired) electrons. The van der Waals surface area contributed by atoms with Crippen molar-refractivity contribution in [3.05, 3.63) is 12.0 Å². The molecule has 0 aromatic carbocycles. The van der Waals surface area contributed by atoms with E-state index in [1.54, 1.807) is 18.5 Å². The summed E-state index contributed by atoms with van der Waals surface area (Å²) in [5.41, 5.74) is 0.821. The Morgan fingerprint density at radius 2 is 2.50 bits per heavy atom. The predicted octanol–water partition coefficient (Wildman–Crippen LogP) is -0.366. The zero-order chi connectivity index (χ0) is 8.55. The molecule has 0 amide bonds. The molecule has 2 rings (SSSR count). The van der Waals surface area contributed by atoms with Crippen molar-refractivity contribution in [1.29, 1.82) is 0 Å². The summed E-state index contributed by atoms with van der Waals surface area (Å²) in [6.07, 6.45) is 3.11. The fourth-order valence-corrected chi connectivity index (χ4v) is 1.07. The molecular formula is C6H9N5O. The van der Waals surface area contributed by atoms with Gasteiger partial charge in [-0.15, -0.1) is 0 Å². The Kier molecular flexibility index (Phi) is 1.47. The normalized spacial score (nSPS) is 14.9. The van der Waals surface area contributed by atoms with Crippen LogP contribution in [0.15, 0.2) is 11.3 Å². The lowest BCUT2D eigenvalue weighted by Gasteiger charge is -2.18. The molecule has 0 atom stereocenters. The molecular weight excluding hydrogens is 158 g/mol. The van der Waals surface area contributed by atoms with Gasteiger partial charge >= 0.3 is 0 Å². The van der Waals surface area contributed by atoms with Crippen molar-refractivity contribution in [3.8, 4) is 0 Å². The standard InChI is InChI=1S/C6H9N5O/c1-12-10-2-5-6(9-3-10)11(7)4-8-5/h3-4H,2,7H2,1H3. The van der Waals surface area contributed by atoms with Gasteiger partial charge in [0.05, 0.1) is 13.7 Å². The van der Waals surface area contributed by atoms with E-state index in [4.69, 9.17) is 10.7 Å². The highest BCUT2D eigenvalue weighted by Gasteiger charge is 2.15. The van der Waals surface area contributed by atoms with Crippen LogP contribution in [0.25, 0.3) is 0 Å². The second kappa shape index (κ2) is 2.49. The van der Waals surface area contributed by atoms with Crippen LogP contribution in [-0.2, 0) is 11.4 Å². The number of rotatable bonds is 1. The van der Waals surface area contributed by atoms with Crippen molar-refractivity contribution < 1.29 is 4.84 Å². The first-order valence-corrected chi connectivity index (χ1v) is 3.47. The first-order valence-electron chi connectivity index (χ1n) is 3.47. The summed E-state index contributed by atoms with van der Waals surface area (Å²) < 4.78 is 1.39. The maximum atomic E-state index is 5.53. The zero-order valence-electron chi connectivity index (χ0n) is 6.64. The fourth-order valence-electron chi connectivity index (χ4n) is 1.07. The summed E-state index contributed by atoms with van der Waals surface area (Å²) in [7, 11) is 1.58. The van der Waals surface area contributed by atoms with Crippen molar-refractivity contribution in [1.82, 2.24) is 14.7 Å². The molecule has 64 valence electrons. The van der Waals surface area contributed by atoms with Crippen molar-refractivity contribution in [2.45, 2.75) is 6.54 Å². The maximum absolute atomic E-state index is 5.53. The summed E-state index contributed by atoms with van der Waals surface area (Å²) in [5, 5.41) is 1.58. The number of hydroxylamine groups is 2. The van der Waals surface area contributed by atoms with Crippen LogP contribution < -0.4 is 5.84 Å². The van der Waals surface area contributed by atoms with E-state index >= 15 is 0 Å². The first kappa shape index (κ1) is 7.11. The van der Waals surface area contributed by atoms with Crippen molar-refractivity contribution in [2.24, 2.45) is 4.99 Å². The van der Waals surface area contributed by atoms with Crippen molar-refractivity contribution in [3.63, 3.8) is 0 Å². The van der Waals surface area contributed by atoms with Gasteiger partial charge in [-0.05, 0) is 0 Å². The second-order valence-electron chi connectivity index (χ2n) is 2.42. The van der Waals surface area contributed by atoms with Gasteiger partial charge in [0.2, 0.25) is 0 Å². The predicted molar refractivity (Wildman–Crippen MR) is 43.1 cm³/mol. The van der Waals surface area contributed by atoms with Crippen LogP contribution in [0, 0.1) is 0 Å². The van der Waals surface area contributed by atoms with Crippen LogP contribution in [-0.4, -0.2) is 28.2 Å². The lowest BCUT2D eigenvalue weighted by molar-refractivity contribution is -0.0686. The third kappa shape index (κ3) is 0.928. The monoisotopic (exact) mass is 167 g/mol. The van der Waals surface area contributed by atoms with Crippen molar-refractivity contribution in [2.75, 3.05) is 13.0 Å². The minimum Gasteiger partial charge on any atom is -0.336 e. The molecule has 6 heteroatoms. The number of hydrogen-bond donors (Lipinski definition) is 1. The third-order valence-corrected chi connectivity index (χ3v) is 1.69. The Hall–Kier alpha value is -1.56. The van der Waals surface area contributed by atoms with Crippen LogP contribution in [0.4, 0.5) is 5.82 Å². The van der Waals surface area contributed by atoms with Crippen LogP contribution in [0.3, 0.4) is 0 Å². The molecule has 0 saturated carbocycles. The van der Waals surface area contributed by atoms with E-state index in [2.05, 4.69) is 9.98 Å². The smallest absolute Gasteiger partial charge is 0.177 e. The highest BCUT2D eigenvalue weighted by Crippen LogP contribution is 2.20. The largest absolute Gasteiger partial charge is 0.336 e. The van der Waals surface area contributed by atoms with Gasteiger partial charge in [0.25, 0.3) is 0 Å². The summed E-state index contributed by atoms with van der Waals surface area (Å²) in [6, 6.07) is 0. The van der Waals surface area contributed by atoms with Gasteiger partial charge in [0, 0.05) is 0 Å². The minimum atomic E-state index is 0.583. The van der Waals surface area contributed by atoms with E-state index in [9.17, 15) is 0 Å². The first-order chi connectivity index (χ1) is 5.81. The molecule has 6 nitrogen and oxygen atoms in total. The Balaban J connectivity index is 2.34. The SMILES string of the molecule is CON1C=Nc2c(ncn2N)C1. The molecule has 0 saturated heterocycles. The van der Waals surface area contributed by atoms with Gasteiger partial charge in [0.15, 0.2) is 5.82 Å². The van der Waals surface area contributed by atoms with E-state index in [1.165, 1.54) is 11.0 Å². The lowest BCUT2D eigenvalue weighted by atomic mass is 10.4. The van der Waals surface area contributed by atoms with Gasteiger partial charge in [-0.25, -0.2) is 19.7 Å². The maximum Gasteiger partial charge on any atom is 0.177 e. The number of nitrogens with zero attached hydrogens (tertiary/aromatic N) is 4. The number of hydrogen-bond acceptors (Lipinski definition) is 5. The van der Waals surface area contributed by atoms with Gasteiger partial charge < -0.3 is 5.84 Å². The molecule has 1 aliphatic heterocycles. The Labute approximate surface area is 69.2 Å². The number of aliphatic imine (C=N–C) groups is 1. The summed E-state index contributed by atoms with van der Waals surface area (Å²) in [6.45, 7) is 0.583. The molecule has 2 heterocycles. The second-order valence-corrected chi connectivity index (χ2v) is 2.42. The fraction of sp³-hybridized carbons (Fsp3) is 0.333. The highest BCUT2D eigenvalue weighted by molar-refractivity contribution is 5.62. The van der Waals surface area contributed by atoms with E-state index in [-0.39, 0.29) is 0 Å². The van der Waals surface area contributed by atoms with Gasteiger partial charge in [-0.3, -0.25) is 4.84 Å². The number of aromatic nitrogens is 2. The van der Waals surface area contributed by atoms with Crippen LogP contribution in [0.5, 0.6) is 0 Å². The van der Waals surface area contributed by atoms with Gasteiger partial charge in [0.1, 0.15) is 18.4 Å². The van der Waals surface area contributed by atoms with E-state index < -0.39 is 0 Å². The average molecular weight is 167 g/mol. The van der Waals surface area contributed by atoms with E-state index in [0.717, 1.165) is 5.69 Å². The molecule has 1 aromatic heterocycles.